The van der Waals surface area contributed by atoms with Crippen molar-refractivity contribution in [1.82, 2.24) is 0 Å². The summed E-state index contributed by atoms with van der Waals surface area (Å²) in [5.74, 6) is 0.206. The molecule has 1 heterocycles. The molecule has 1 saturated carbocycles. The van der Waals surface area contributed by atoms with Gasteiger partial charge in [0, 0.05) is 26.2 Å². The SMILES string of the molecule is COCOCC[C@@]1(CCCC2(C)OCCO2)CC[C@H]1C(C)O[Si](C)(C)C(C)(C)C. The van der Waals surface area contributed by atoms with E-state index in [1.165, 1.54) is 19.3 Å². The average molecular weight is 431 g/mol. The Morgan fingerprint density at radius 2 is 1.76 bits per heavy atom. The van der Waals surface area contributed by atoms with E-state index in [0.717, 1.165) is 25.9 Å². The zero-order chi connectivity index (χ0) is 21.8. The summed E-state index contributed by atoms with van der Waals surface area (Å²) in [6, 6.07) is 0. The lowest BCUT2D eigenvalue weighted by Crippen LogP contribution is -2.52. The van der Waals surface area contributed by atoms with Gasteiger partial charge in [-0.3, -0.25) is 0 Å². The van der Waals surface area contributed by atoms with E-state index < -0.39 is 14.1 Å². The standard InChI is InChI=1S/C23H46O5Si/c1-19(28-29(7,8)21(2,3)4)20-10-13-23(20,14-15-25-18-24-6)12-9-11-22(5)26-16-17-27-22/h19-20H,9-18H2,1-8H3/t19?,20-,23+/m0/s1. The van der Waals surface area contributed by atoms with E-state index in [-0.39, 0.29) is 5.04 Å². The number of rotatable bonds is 12. The van der Waals surface area contributed by atoms with Gasteiger partial charge in [0.15, 0.2) is 14.1 Å². The molecule has 172 valence electrons. The molecule has 3 atom stereocenters. The van der Waals surface area contributed by atoms with Crippen LogP contribution < -0.4 is 0 Å². The molecule has 0 aromatic rings. The molecule has 0 spiro atoms. The van der Waals surface area contributed by atoms with Crippen LogP contribution in [-0.2, 0) is 23.4 Å². The van der Waals surface area contributed by atoms with Crippen molar-refractivity contribution in [3.05, 3.63) is 0 Å². The maximum absolute atomic E-state index is 6.81. The first-order chi connectivity index (χ1) is 13.4. The van der Waals surface area contributed by atoms with E-state index in [9.17, 15) is 0 Å². The first kappa shape index (κ1) is 25.3. The van der Waals surface area contributed by atoms with E-state index in [4.69, 9.17) is 23.4 Å². The Bertz CT molecular complexity index is 498. The van der Waals surface area contributed by atoms with Crippen molar-refractivity contribution in [2.24, 2.45) is 11.3 Å². The van der Waals surface area contributed by atoms with Crippen LogP contribution in [-0.4, -0.2) is 53.9 Å². The topological polar surface area (TPSA) is 46.2 Å². The molecule has 1 aliphatic carbocycles. The van der Waals surface area contributed by atoms with Gasteiger partial charge in [-0.1, -0.05) is 20.8 Å². The highest BCUT2D eigenvalue weighted by atomic mass is 28.4. The van der Waals surface area contributed by atoms with Gasteiger partial charge in [0.1, 0.15) is 6.79 Å². The van der Waals surface area contributed by atoms with E-state index in [1.54, 1.807) is 7.11 Å². The molecule has 0 bridgehead atoms. The monoisotopic (exact) mass is 430 g/mol. The van der Waals surface area contributed by atoms with Crippen molar-refractivity contribution >= 4 is 8.32 Å². The van der Waals surface area contributed by atoms with Gasteiger partial charge in [-0.25, -0.2) is 0 Å². The van der Waals surface area contributed by atoms with Crippen LogP contribution in [0.3, 0.4) is 0 Å². The molecule has 2 rings (SSSR count). The largest absolute Gasteiger partial charge is 0.414 e. The third kappa shape index (κ3) is 6.50. The lowest BCUT2D eigenvalue weighted by Gasteiger charge is -2.54. The highest BCUT2D eigenvalue weighted by Crippen LogP contribution is 2.56. The zero-order valence-corrected chi connectivity index (χ0v) is 21.3. The van der Waals surface area contributed by atoms with Crippen molar-refractivity contribution < 1.29 is 23.4 Å². The van der Waals surface area contributed by atoms with Gasteiger partial charge in [-0.05, 0) is 75.4 Å². The molecule has 0 aromatic carbocycles. The summed E-state index contributed by atoms with van der Waals surface area (Å²) in [5.41, 5.74) is 0.296. The van der Waals surface area contributed by atoms with Crippen molar-refractivity contribution in [3.63, 3.8) is 0 Å². The fourth-order valence-corrected chi connectivity index (χ4v) is 6.25. The molecule has 29 heavy (non-hydrogen) atoms. The van der Waals surface area contributed by atoms with E-state index in [0.29, 0.717) is 37.4 Å². The van der Waals surface area contributed by atoms with Crippen LogP contribution in [0.5, 0.6) is 0 Å². The summed E-state index contributed by atoms with van der Waals surface area (Å²) in [6.07, 6.45) is 7.14. The second-order valence-corrected chi connectivity index (χ2v) is 15.6. The molecule has 0 N–H and O–H groups in total. The minimum absolute atomic E-state index is 0.237. The predicted molar refractivity (Wildman–Crippen MR) is 120 cm³/mol. The fourth-order valence-electron chi connectivity index (χ4n) is 4.80. The van der Waals surface area contributed by atoms with Gasteiger partial charge >= 0.3 is 0 Å². The Hall–Kier alpha value is 0.0169. The van der Waals surface area contributed by atoms with E-state index >= 15 is 0 Å². The van der Waals surface area contributed by atoms with Gasteiger partial charge in [-0.15, -0.1) is 0 Å². The lowest BCUT2D eigenvalue weighted by atomic mass is 9.54. The Balaban J connectivity index is 2.00. The fraction of sp³-hybridized carbons (Fsp3) is 1.00. The Labute approximate surface area is 180 Å². The first-order valence-electron chi connectivity index (χ1n) is 11.5. The van der Waals surface area contributed by atoms with Crippen LogP contribution in [0.15, 0.2) is 0 Å². The van der Waals surface area contributed by atoms with Crippen LogP contribution in [0.4, 0.5) is 0 Å². The minimum atomic E-state index is -1.78. The molecule has 0 amide bonds. The summed E-state index contributed by atoms with van der Waals surface area (Å²) >= 11 is 0. The normalized spacial score (nSPS) is 28.3. The Morgan fingerprint density at radius 3 is 2.28 bits per heavy atom. The Morgan fingerprint density at radius 1 is 1.10 bits per heavy atom. The first-order valence-corrected chi connectivity index (χ1v) is 14.4. The molecular weight excluding hydrogens is 384 g/mol. The molecule has 0 aromatic heterocycles. The van der Waals surface area contributed by atoms with Gasteiger partial charge in [-0.2, -0.15) is 0 Å². The summed E-state index contributed by atoms with van der Waals surface area (Å²) in [6.45, 7) is 18.6. The molecule has 5 nitrogen and oxygen atoms in total. The third-order valence-corrected chi connectivity index (χ3v) is 12.3. The molecule has 6 heteroatoms. The van der Waals surface area contributed by atoms with E-state index in [1.807, 2.05) is 0 Å². The van der Waals surface area contributed by atoms with Crippen molar-refractivity contribution in [2.45, 2.75) is 103 Å². The molecule has 1 saturated heterocycles. The number of ether oxygens (including phenoxy) is 4. The summed E-state index contributed by atoms with van der Waals surface area (Å²) in [7, 11) is -0.0954. The molecule has 2 aliphatic rings. The van der Waals surface area contributed by atoms with Crippen LogP contribution in [0.2, 0.25) is 18.1 Å². The van der Waals surface area contributed by atoms with Crippen molar-refractivity contribution in [3.8, 4) is 0 Å². The maximum Gasteiger partial charge on any atom is 0.192 e. The smallest absolute Gasteiger partial charge is 0.192 e. The second-order valence-electron chi connectivity index (χ2n) is 10.8. The molecule has 1 unspecified atom stereocenters. The lowest BCUT2D eigenvalue weighted by molar-refractivity contribution is -0.152. The van der Waals surface area contributed by atoms with Crippen LogP contribution >= 0.6 is 0 Å². The summed E-state index contributed by atoms with van der Waals surface area (Å²) in [5, 5.41) is 0.237. The zero-order valence-electron chi connectivity index (χ0n) is 20.3. The predicted octanol–water partition coefficient (Wildman–Crippen LogP) is 5.74. The molecule has 0 radical (unpaired) electrons. The van der Waals surface area contributed by atoms with E-state index in [2.05, 4.69) is 47.7 Å². The van der Waals surface area contributed by atoms with Crippen LogP contribution in [0.1, 0.15) is 73.1 Å². The van der Waals surface area contributed by atoms with Gasteiger partial charge in [0.05, 0.1) is 13.2 Å². The number of hydrogen-bond acceptors (Lipinski definition) is 5. The maximum atomic E-state index is 6.81. The van der Waals surface area contributed by atoms with Crippen LogP contribution in [0, 0.1) is 11.3 Å². The summed E-state index contributed by atoms with van der Waals surface area (Å²) in [4.78, 5) is 0. The van der Waals surface area contributed by atoms with Crippen LogP contribution in [0.25, 0.3) is 0 Å². The van der Waals surface area contributed by atoms with Gasteiger partial charge in [0.25, 0.3) is 0 Å². The third-order valence-electron chi connectivity index (χ3n) is 7.74. The highest BCUT2D eigenvalue weighted by Gasteiger charge is 2.50. The van der Waals surface area contributed by atoms with Gasteiger partial charge < -0.3 is 23.4 Å². The minimum Gasteiger partial charge on any atom is -0.414 e. The highest BCUT2D eigenvalue weighted by molar-refractivity contribution is 6.74. The number of methoxy groups -OCH3 is 1. The van der Waals surface area contributed by atoms with Gasteiger partial charge in [0.2, 0.25) is 0 Å². The van der Waals surface area contributed by atoms with Crippen molar-refractivity contribution in [1.29, 1.82) is 0 Å². The number of hydrogen-bond donors (Lipinski definition) is 0. The summed E-state index contributed by atoms with van der Waals surface area (Å²) < 4.78 is 29.2. The van der Waals surface area contributed by atoms with Crippen molar-refractivity contribution in [2.75, 3.05) is 33.7 Å². The Kier molecular flexibility index (Phi) is 8.80. The molecule has 1 aliphatic heterocycles. The molecule has 2 fully saturated rings. The quantitative estimate of drug-likeness (QED) is 0.224. The molecular formula is C23H46O5Si. The second kappa shape index (κ2) is 10.1. The average Bonchev–Trinajstić information content (AvgIpc) is 3.01.